The van der Waals surface area contributed by atoms with Gasteiger partial charge in [-0.15, -0.1) is 0 Å². The van der Waals surface area contributed by atoms with Gasteiger partial charge in [0, 0.05) is 27.7 Å². The molecule has 4 rings (SSSR count). The van der Waals surface area contributed by atoms with Crippen LogP contribution in [0.4, 0.5) is 11.4 Å². The molecular formula is C23H15Cl3N4O4. The summed E-state index contributed by atoms with van der Waals surface area (Å²) in [6, 6.07) is 15.4. The number of hydrogen-bond acceptors (Lipinski definition) is 5. The number of aromatic nitrogens is 2. The molecule has 0 saturated carbocycles. The number of aryl methyl sites for hydroxylation is 1. The Kier molecular flexibility index (Phi) is 6.74. The molecule has 11 heteroatoms. The summed E-state index contributed by atoms with van der Waals surface area (Å²) in [7, 11) is 0. The second-order valence-electron chi connectivity index (χ2n) is 7.23. The van der Waals surface area contributed by atoms with Crippen molar-refractivity contribution in [1.29, 1.82) is 0 Å². The molecule has 0 spiro atoms. The summed E-state index contributed by atoms with van der Waals surface area (Å²) in [6.45, 7) is 1.81. The quantitative estimate of drug-likeness (QED) is 0.206. The van der Waals surface area contributed by atoms with Gasteiger partial charge in [-0.1, -0.05) is 34.8 Å². The van der Waals surface area contributed by atoms with Gasteiger partial charge in [0.25, 0.3) is 11.6 Å². The van der Waals surface area contributed by atoms with E-state index in [9.17, 15) is 14.9 Å². The Morgan fingerprint density at radius 1 is 1.00 bits per heavy atom. The lowest BCUT2D eigenvalue weighted by Crippen LogP contribution is -2.12. The second-order valence-corrected chi connectivity index (χ2v) is 8.48. The zero-order chi connectivity index (χ0) is 24.4. The van der Waals surface area contributed by atoms with Crippen LogP contribution >= 0.6 is 34.8 Å². The highest BCUT2D eigenvalue weighted by atomic mass is 35.5. The van der Waals surface area contributed by atoms with Crippen LogP contribution in [0.5, 0.6) is 11.5 Å². The van der Waals surface area contributed by atoms with Gasteiger partial charge >= 0.3 is 0 Å². The van der Waals surface area contributed by atoms with Gasteiger partial charge in [0.1, 0.15) is 17.2 Å². The van der Waals surface area contributed by atoms with Crippen molar-refractivity contribution in [3.05, 3.63) is 97.1 Å². The third kappa shape index (κ3) is 5.31. The number of halogens is 3. The highest BCUT2D eigenvalue weighted by molar-refractivity contribution is 6.36. The van der Waals surface area contributed by atoms with E-state index in [4.69, 9.17) is 39.5 Å². The minimum atomic E-state index is -0.577. The summed E-state index contributed by atoms with van der Waals surface area (Å²) in [5.74, 6) is 0.0554. The number of amides is 1. The summed E-state index contributed by atoms with van der Waals surface area (Å²) >= 11 is 18.2. The minimum Gasteiger partial charge on any atom is -0.457 e. The molecule has 0 aliphatic rings. The van der Waals surface area contributed by atoms with E-state index in [2.05, 4.69) is 15.5 Å². The van der Waals surface area contributed by atoms with E-state index in [1.54, 1.807) is 36.4 Å². The van der Waals surface area contributed by atoms with Crippen LogP contribution < -0.4 is 10.1 Å². The van der Waals surface area contributed by atoms with Gasteiger partial charge in [-0.05, 0) is 55.0 Å². The van der Waals surface area contributed by atoms with Crippen LogP contribution in [0, 0.1) is 17.0 Å². The Hall–Kier alpha value is -3.59. The summed E-state index contributed by atoms with van der Waals surface area (Å²) in [6.07, 6.45) is 0. The fourth-order valence-corrected chi connectivity index (χ4v) is 3.73. The van der Waals surface area contributed by atoms with Gasteiger partial charge in [-0.3, -0.25) is 20.0 Å². The van der Waals surface area contributed by atoms with Crippen LogP contribution in [-0.4, -0.2) is 21.0 Å². The Bertz CT molecular complexity index is 1420. The molecule has 0 atom stereocenters. The van der Waals surface area contributed by atoms with Crippen LogP contribution in [-0.2, 0) is 0 Å². The molecule has 1 heterocycles. The average Bonchev–Trinajstić information content (AvgIpc) is 3.26. The first-order chi connectivity index (χ1) is 16.2. The number of nitro groups is 1. The normalized spacial score (nSPS) is 10.7. The molecule has 0 fully saturated rings. The number of nitrogens with zero attached hydrogens (tertiary/aromatic N) is 2. The lowest BCUT2D eigenvalue weighted by atomic mass is 10.1. The molecule has 1 amide bonds. The zero-order valence-corrected chi connectivity index (χ0v) is 19.7. The SMILES string of the molecule is Cc1cc(Oc2cc(NC(=O)c3cc(-c4ccc(Cl)cc4Cl)n[nH]3)cc([N+](=O)[O-])c2)ccc1Cl. The number of carbonyl (C=O) groups excluding carboxylic acids is 1. The van der Waals surface area contributed by atoms with E-state index in [0.29, 0.717) is 32.1 Å². The van der Waals surface area contributed by atoms with Gasteiger partial charge < -0.3 is 10.1 Å². The molecule has 1 aromatic heterocycles. The van der Waals surface area contributed by atoms with Crippen LogP contribution in [0.15, 0.2) is 60.7 Å². The molecule has 0 bridgehead atoms. The van der Waals surface area contributed by atoms with Crippen molar-refractivity contribution >= 4 is 52.1 Å². The number of hydrogen-bond donors (Lipinski definition) is 2. The van der Waals surface area contributed by atoms with E-state index in [-0.39, 0.29) is 22.8 Å². The van der Waals surface area contributed by atoms with Crippen molar-refractivity contribution in [2.45, 2.75) is 6.92 Å². The van der Waals surface area contributed by atoms with Gasteiger partial charge in [-0.25, -0.2) is 0 Å². The number of aromatic amines is 1. The number of ether oxygens (including phenoxy) is 1. The molecule has 4 aromatic rings. The van der Waals surface area contributed by atoms with E-state index in [1.807, 2.05) is 6.92 Å². The number of rotatable bonds is 6. The Morgan fingerprint density at radius 2 is 1.79 bits per heavy atom. The fourth-order valence-electron chi connectivity index (χ4n) is 3.11. The smallest absolute Gasteiger partial charge is 0.275 e. The van der Waals surface area contributed by atoms with E-state index < -0.39 is 10.8 Å². The third-order valence-electron chi connectivity index (χ3n) is 4.75. The highest BCUT2D eigenvalue weighted by Gasteiger charge is 2.17. The number of H-pyrrole nitrogens is 1. The Labute approximate surface area is 208 Å². The number of anilines is 1. The third-order valence-corrected chi connectivity index (χ3v) is 5.73. The van der Waals surface area contributed by atoms with Crippen molar-refractivity contribution in [2.75, 3.05) is 5.32 Å². The van der Waals surface area contributed by atoms with Gasteiger partial charge in [0.05, 0.1) is 27.4 Å². The molecule has 0 aliphatic heterocycles. The number of carbonyl (C=O) groups is 1. The Balaban J connectivity index is 1.58. The van der Waals surface area contributed by atoms with Crippen LogP contribution in [0.3, 0.4) is 0 Å². The fraction of sp³-hybridized carbons (Fsp3) is 0.0435. The topological polar surface area (TPSA) is 110 Å². The second kappa shape index (κ2) is 9.72. The first-order valence-corrected chi connectivity index (χ1v) is 10.9. The van der Waals surface area contributed by atoms with Crippen molar-refractivity contribution in [2.24, 2.45) is 0 Å². The predicted molar refractivity (Wildman–Crippen MR) is 131 cm³/mol. The molecular weight excluding hydrogens is 503 g/mol. The van der Waals surface area contributed by atoms with E-state index in [1.165, 1.54) is 24.3 Å². The van der Waals surface area contributed by atoms with Crippen LogP contribution in [0.2, 0.25) is 15.1 Å². The summed E-state index contributed by atoms with van der Waals surface area (Å²) in [4.78, 5) is 23.6. The van der Waals surface area contributed by atoms with Crippen LogP contribution in [0.25, 0.3) is 11.3 Å². The Morgan fingerprint density at radius 3 is 2.50 bits per heavy atom. The highest BCUT2D eigenvalue weighted by Crippen LogP contribution is 2.32. The molecule has 2 N–H and O–H groups in total. The first kappa shape index (κ1) is 23.6. The number of nitro benzene ring substituents is 1. The summed E-state index contributed by atoms with van der Waals surface area (Å²) in [5, 5.41) is 22.2. The van der Waals surface area contributed by atoms with Gasteiger partial charge in [0.15, 0.2) is 0 Å². The first-order valence-electron chi connectivity index (χ1n) is 9.75. The van der Waals surface area contributed by atoms with Gasteiger partial charge in [-0.2, -0.15) is 5.10 Å². The molecule has 3 aromatic carbocycles. The lowest BCUT2D eigenvalue weighted by Gasteiger charge is -2.10. The predicted octanol–water partition coefficient (Wildman–Crippen LogP) is 7.30. The molecule has 172 valence electrons. The zero-order valence-electron chi connectivity index (χ0n) is 17.4. The maximum atomic E-state index is 12.8. The molecule has 0 radical (unpaired) electrons. The molecule has 0 unspecified atom stereocenters. The monoisotopic (exact) mass is 516 g/mol. The standard InChI is InChI=1S/C23H15Cl3N4O4/c1-12-6-16(3-5-19(12)25)34-17-9-14(8-15(10-17)30(32)33)27-23(31)22-11-21(28-29-22)18-4-2-13(24)7-20(18)26/h2-11H,1H3,(H,27,31)(H,28,29). The average molecular weight is 518 g/mol. The largest absolute Gasteiger partial charge is 0.457 e. The molecule has 34 heavy (non-hydrogen) atoms. The lowest BCUT2D eigenvalue weighted by molar-refractivity contribution is -0.384. The van der Waals surface area contributed by atoms with E-state index in [0.717, 1.165) is 5.56 Å². The number of non-ortho nitro benzene ring substituents is 1. The molecule has 0 saturated heterocycles. The van der Waals surface area contributed by atoms with Gasteiger partial charge in [0.2, 0.25) is 0 Å². The summed E-state index contributed by atoms with van der Waals surface area (Å²) < 4.78 is 5.76. The molecule has 0 aliphatic carbocycles. The van der Waals surface area contributed by atoms with Crippen molar-refractivity contribution < 1.29 is 14.5 Å². The summed E-state index contributed by atoms with van der Waals surface area (Å²) in [5.41, 5.74) is 1.85. The van der Waals surface area contributed by atoms with Crippen molar-refractivity contribution in [3.8, 4) is 22.8 Å². The van der Waals surface area contributed by atoms with E-state index >= 15 is 0 Å². The number of benzene rings is 3. The van der Waals surface area contributed by atoms with Crippen LogP contribution in [0.1, 0.15) is 16.1 Å². The van der Waals surface area contributed by atoms with Crippen molar-refractivity contribution in [3.63, 3.8) is 0 Å². The number of nitrogens with one attached hydrogen (secondary N) is 2. The van der Waals surface area contributed by atoms with Crippen molar-refractivity contribution in [1.82, 2.24) is 10.2 Å². The minimum absolute atomic E-state index is 0.128. The molecule has 8 nitrogen and oxygen atoms in total. The maximum Gasteiger partial charge on any atom is 0.275 e. The maximum absolute atomic E-state index is 12.8.